The molecular formula is C25H27ClN2O3S2. The van der Waals surface area contributed by atoms with Crippen molar-refractivity contribution in [2.24, 2.45) is 0 Å². The number of carbonyl (C=O) groups excluding carboxylic acids is 1. The number of nitrogens with one attached hydrogen (secondary N) is 1. The van der Waals surface area contributed by atoms with Gasteiger partial charge in [0.25, 0.3) is 10.0 Å². The van der Waals surface area contributed by atoms with E-state index < -0.39 is 10.0 Å². The number of hydrogen-bond donors (Lipinski definition) is 1. The van der Waals surface area contributed by atoms with E-state index in [1.807, 2.05) is 50.2 Å². The van der Waals surface area contributed by atoms with Gasteiger partial charge in [0.15, 0.2) is 0 Å². The van der Waals surface area contributed by atoms with Crippen LogP contribution in [-0.4, -0.2) is 33.2 Å². The highest BCUT2D eigenvalue weighted by molar-refractivity contribution is 7.99. The molecule has 0 aliphatic rings. The van der Waals surface area contributed by atoms with Gasteiger partial charge in [0.1, 0.15) is 6.54 Å². The summed E-state index contributed by atoms with van der Waals surface area (Å²) in [6, 6.07) is 21.4. The summed E-state index contributed by atoms with van der Waals surface area (Å²) >= 11 is 7.65. The van der Waals surface area contributed by atoms with E-state index in [-0.39, 0.29) is 17.3 Å². The first kappa shape index (κ1) is 25.1. The summed E-state index contributed by atoms with van der Waals surface area (Å²) in [7, 11) is -3.96. The highest BCUT2D eigenvalue weighted by Crippen LogP contribution is 2.26. The van der Waals surface area contributed by atoms with Gasteiger partial charge in [-0.1, -0.05) is 35.9 Å². The first-order valence-corrected chi connectivity index (χ1v) is 13.4. The molecule has 0 saturated heterocycles. The molecule has 0 heterocycles. The summed E-state index contributed by atoms with van der Waals surface area (Å²) in [5.74, 6) is 0.504. The highest BCUT2D eigenvalue weighted by Gasteiger charge is 2.27. The molecule has 3 aromatic rings. The summed E-state index contributed by atoms with van der Waals surface area (Å²) in [6.45, 7) is 4.04. The van der Waals surface area contributed by atoms with Gasteiger partial charge >= 0.3 is 0 Å². The van der Waals surface area contributed by atoms with E-state index in [0.29, 0.717) is 17.3 Å². The van der Waals surface area contributed by atoms with Crippen molar-refractivity contribution in [1.29, 1.82) is 0 Å². The second kappa shape index (κ2) is 11.6. The number of halogens is 1. The topological polar surface area (TPSA) is 66.5 Å². The zero-order valence-corrected chi connectivity index (χ0v) is 21.0. The standard InChI is InChI=1S/C25H27ClN2O3S2/c1-19-9-12-22(17-20(19)2)28(33(30,31)24-13-10-21(26)11-14-24)18-25(29)27-15-6-16-32-23-7-4-3-5-8-23/h3-5,7-14,17H,6,15-16,18H2,1-2H3,(H,27,29). The second-order valence-corrected chi connectivity index (χ2v) is 11.1. The Kier molecular flexibility index (Phi) is 8.83. The molecule has 174 valence electrons. The van der Waals surface area contributed by atoms with E-state index in [0.717, 1.165) is 27.6 Å². The van der Waals surface area contributed by atoms with Gasteiger partial charge in [-0.05, 0) is 85.7 Å². The third-order valence-electron chi connectivity index (χ3n) is 5.12. The zero-order chi connectivity index (χ0) is 23.8. The molecule has 1 amide bonds. The van der Waals surface area contributed by atoms with E-state index in [4.69, 9.17) is 11.6 Å². The SMILES string of the molecule is Cc1ccc(N(CC(=O)NCCCSc2ccccc2)S(=O)(=O)c2ccc(Cl)cc2)cc1C. The molecular weight excluding hydrogens is 476 g/mol. The number of hydrogen-bond acceptors (Lipinski definition) is 4. The molecule has 0 aromatic heterocycles. The van der Waals surface area contributed by atoms with Crippen LogP contribution in [0.25, 0.3) is 0 Å². The number of anilines is 1. The molecule has 8 heteroatoms. The second-order valence-electron chi connectivity index (χ2n) is 7.60. The lowest BCUT2D eigenvalue weighted by Gasteiger charge is -2.25. The minimum Gasteiger partial charge on any atom is -0.354 e. The van der Waals surface area contributed by atoms with Gasteiger partial charge in [0, 0.05) is 16.5 Å². The molecule has 0 radical (unpaired) electrons. The molecule has 0 fully saturated rings. The van der Waals surface area contributed by atoms with Crippen molar-refractivity contribution in [2.45, 2.75) is 30.1 Å². The van der Waals surface area contributed by atoms with Gasteiger partial charge in [-0.25, -0.2) is 8.42 Å². The Morgan fingerprint density at radius 1 is 0.970 bits per heavy atom. The normalized spacial score (nSPS) is 11.2. The monoisotopic (exact) mass is 502 g/mol. The largest absolute Gasteiger partial charge is 0.354 e. The van der Waals surface area contributed by atoms with Crippen molar-refractivity contribution < 1.29 is 13.2 Å². The van der Waals surface area contributed by atoms with Gasteiger partial charge in [-0.3, -0.25) is 9.10 Å². The van der Waals surface area contributed by atoms with Crippen LogP contribution in [0.1, 0.15) is 17.5 Å². The average Bonchev–Trinajstić information content (AvgIpc) is 2.80. The lowest BCUT2D eigenvalue weighted by atomic mass is 10.1. The molecule has 33 heavy (non-hydrogen) atoms. The van der Waals surface area contributed by atoms with Crippen LogP contribution < -0.4 is 9.62 Å². The molecule has 0 bridgehead atoms. The molecule has 0 unspecified atom stereocenters. The Morgan fingerprint density at radius 3 is 2.33 bits per heavy atom. The van der Waals surface area contributed by atoms with Crippen LogP contribution in [0.5, 0.6) is 0 Å². The van der Waals surface area contributed by atoms with Gasteiger partial charge in [-0.15, -0.1) is 11.8 Å². The van der Waals surface area contributed by atoms with Crippen LogP contribution >= 0.6 is 23.4 Å². The van der Waals surface area contributed by atoms with E-state index in [9.17, 15) is 13.2 Å². The van der Waals surface area contributed by atoms with Crippen LogP contribution in [0, 0.1) is 13.8 Å². The molecule has 5 nitrogen and oxygen atoms in total. The van der Waals surface area contributed by atoms with Crippen molar-refractivity contribution in [1.82, 2.24) is 5.32 Å². The molecule has 0 atom stereocenters. The third-order valence-corrected chi connectivity index (χ3v) is 8.26. The summed E-state index contributed by atoms with van der Waals surface area (Å²) in [5, 5.41) is 3.29. The Labute approximate surface area is 205 Å². The fraction of sp³-hybridized carbons (Fsp3) is 0.240. The Hall–Kier alpha value is -2.48. The molecule has 0 aliphatic heterocycles. The summed E-state index contributed by atoms with van der Waals surface area (Å²) in [6.07, 6.45) is 0.777. The maximum absolute atomic E-state index is 13.4. The van der Waals surface area contributed by atoms with Crippen LogP contribution in [-0.2, 0) is 14.8 Å². The lowest BCUT2D eigenvalue weighted by Crippen LogP contribution is -2.41. The fourth-order valence-electron chi connectivity index (χ4n) is 3.12. The van der Waals surface area contributed by atoms with Crippen LogP contribution in [0.2, 0.25) is 5.02 Å². The van der Waals surface area contributed by atoms with Crippen molar-refractivity contribution >= 4 is 45.0 Å². The number of aryl methyl sites for hydroxylation is 2. The first-order valence-electron chi connectivity index (χ1n) is 10.6. The van der Waals surface area contributed by atoms with Crippen molar-refractivity contribution in [2.75, 3.05) is 23.1 Å². The Morgan fingerprint density at radius 2 is 1.67 bits per heavy atom. The molecule has 3 aromatic carbocycles. The maximum atomic E-state index is 13.4. The molecule has 0 spiro atoms. The summed E-state index contributed by atoms with van der Waals surface area (Å²) in [4.78, 5) is 14.0. The highest BCUT2D eigenvalue weighted by atomic mass is 35.5. The minimum atomic E-state index is -3.96. The number of sulfonamides is 1. The molecule has 0 aliphatic carbocycles. The number of rotatable bonds is 10. The third kappa shape index (κ3) is 7.00. The smallest absolute Gasteiger partial charge is 0.264 e. The number of carbonyl (C=O) groups is 1. The van der Waals surface area contributed by atoms with E-state index in [1.54, 1.807) is 23.9 Å². The van der Waals surface area contributed by atoms with Crippen LogP contribution in [0.15, 0.2) is 82.6 Å². The fourth-order valence-corrected chi connectivity index (χ4v) is 5.54. The predicted octanol–water partition coefficient (Wildman–Crippen LogP) is 5.45. The number of amides is 1. The number of benzene rings is 3. The lowest BCUT2D eigenvalue weighted by molar-refractivity contribution is -0.119. The Balaban J connectivity index is 1.69. The van der Waals surface area contributed by atoms with E-state index in [1.165, 1.54) is 29.2 Å². The van der Waals surface area contributed by atoms with Gasteiger partial charge in [-0.2, -0.15) is 0 Å². The molecule has 1 N–H and O–H groups in total. The van der Waals surface area contributed by atoms with E-state index >= 15 is 0 Å². The van der Waals surface area contributed by atoms with Crippen LogP contribution in [0.4, 0.5) is 5.69 Å². The number of thioether (sulfide) groups is 1. The average molecular weight is 503 g/mol. The van der Waals surface area contributed by atoms with Crippen molar-refractivity contribution in [3.8, 4) is 0 Å². The van der Waals surface area contributed by atoms with E-state index in [2.05, 4.69) is 5.32 Å². The first-order chi connectivity index (χ1) is 15.8. The van der Waals surface area contributed by atoms with Crippen molar-refractivity contribution in [3.05, 3.63) is 88.9 Å². The maximum Gasteiger partial charge on any atom is 0.264 e. The zero-order valence-electron chi connectivity index (χ0n) is 18.6. The van der Waals surface area contributed by atoms with Crippen LogP contribution in [0.3, 0.4) is 0 Å². The van der Waals surface area contributed by atoms with Gasteiger partial charge in [0.2, 0.25) is 5.91 Å². The van der Waals surface area contributed by atoms with Gasteiger partial charge < -0.3 is 5.32 Å². The predicted molar refractivity (Wildman–Crippen MR) is 137 cm³/mol. The number of nitrogens with zero attached hydrogens (tertiary/aromatic N) is 1. The summed E-state index contributed by atoms with van der Waals surface area (Å²) < 4.78 is 28.0. The Bertz CT molecular complexity index is 1180. The summed E-state index contributed by atoms with van der Waals surface area (Å²) in [5.41, 5.74) is 2.44. The van der Waals surface area contributed by atoms with Crippen molar-refractivity contribution in [3.63, 3.8) is 0 Å². The quantitative estimate of drug-likeness (QED) is 0.295. The molecule has 3 rings (SSSR count). The van der Waals surface area contributed by atoms with Gasteiger partial charge in [0.05, 0.1) is 10.6 Å². The minimum absolute atomic E-state index is 0.0807. The molecule has 0 saturated carbocycles.